The maximum absolute atomic E-state index is 11.5. The van der Waals surface area contributed by atoms with Gasteiger partial charge >= 0.3 is 0 Å². The Balaban J connectivity index is 1.54. The average Bonchev–Trinajstić information content (AvgIpc) is 3.18. The number of aromatic nitrogens is 1. The molecule has 0 saturated carbocycles. The zero-order valence-electron chi connectivity index (χ0n) is 14.2. The molecule has 2 aromatic heterocycles. The zero-order chi connectivity index (χ0) is 17.9. The Labute approximate surface area is 155 Å². The number of carbonyl (C=O) groups is 1. The molecule has 2 N–H and O–H groups in total. The third kappa shape index (κ3) is 3.53. The Morgan fingerprint density at radius 3 is 2.92 bits per heavy atom. The van der Waals surface area contributed by atoms with E-state index in [9.17, 15) is 4.79 Å². The molecule has 1 aliphatic rings. The maximum Gasteiger partial charge on any atom is 0.284 e. The summed E-state index contributed by atoms with van der Waals surface area (Å²) < 4.78 is 0. The highest BCUT2D eigenvalue weighted by atomic mass is 32.1. The van der Waals surface area contributed by atoms with Crippen LogP contribution in [0.1, 0.15) is 26.5 Å². The Bertz CT molecular complexity index is 924. The van der Waals surface area contributed by atoms with Crippen molar-refractivity contribution in [3.8, 4) is 10.4 Å². The van der Waals surface area contributed by atoms with Crippen molar-refractivity contribution in [1.82, 2.24) is 15.4 Å². The molecule has 3 heterocycles. The van der Waals surface area contributed by atoms with Gasteiger partial charge in [0, 0.05) is 30.7 Å². The number of hydrogen-bond donors (Lipinski definition) is 2. The number of hydroxylamine groups is 1. The van der Waals surface area contributed by atoms with Gasteiger partial charge in [0.1, 0.15) is 0 Å². The summed E-state index contributed by atoms with van der Waals surface area (Å²) in [5, 5.41) is 8.77. The first-order chi connectivity index (χ1) is 12.7. The van der Waals surface area contributed by atoms with Crippen molar-refractivity contribution >= 4 is 17.2 Å². The standard InChI is InChI=1S/C20H19N3O2S/c24-20(22-25)19-7-6-18(26-19)15-5-4-14-8-10-23(12-16(14)11-15)13-17-3-1-2-9-21-17/h1-7,9,11,25H,8,10,12-13H2,(H,22,24). The van der Waals surface area contributed by atoms with Crippen LogP contribution < -0.4 is 5.48 Å². The van der Waals surface area contributed by atoms with Crippen molar-refractivity contribution in [2.24, 2.45) is 0 Å². The molecule has 5 nitrogen and oxygen atoms in total. The van der Waals surface area contributed by atoms with Gasteiger partial charge in [-0.05, 0) is 53.4 Å². The summed E-state index contributed by atoms with van der Waals surface area (Å²) in [5.74, 6) is -0.472. The topological polar surface area (TPSA) is 65.5 Å². The molecule has 0 aliphatic carbocycles. The molecule has 6 heteroatoms. The molecule has 0 atom stereocenters. The van der Waals surface area contributed by atoms with Gasteiger partial charge in [-0.25, -0.2) is 5.48 Å². The van der Waals surface area contributed by atoms with Crippen LogP contribution in [0, 0.1) is 0 Å². The highest BCUT2D eigenvalue weighted by Crippen LogP contribution is 2.31. The third-order valence-electron chi connectivity index (χ3n) is 4.63. The second-order valence-corrected chi connectivity index (χ2v) is 7.45. The van der Waals surface area contributed by atoms with E-state index < -0.39 is 5.91 Å². The highest BCUT2D eigenvalue weighted by Gasteiger charge is 2.18. The summed E-state index contributed by atoms with van der Waals surface area (Å²) in [4.78, 5) is 19.9. The summed E-state index contributed by atoms with van der Waals surface area (Å²) in [5.41, 5.74) is 6.58. The summed E-state index contributed by atoms with van der Waals surface area (Å²) in [6.45, 7) is 2.78. The zero-order valence-corrected chi connectivity index (χ0v) is 15.0. The Kier molecular flexibility index (Phi) is 4.79. The molecule has 0 fully saturated rings. The van der Waals surface area contributed by atoms with Gasteiger partial charge in [0.25, 0.3) is 5.91 Å². The lowest BCUT2D eigenvalue weighted by atomic mass is 9.97. The van der Waals surface area contributed by atoms with Gasteiger partial charge in [-0.15, -0.1) is 11.3 Å². The number of nitrogens with one attached hydrogen (secondary N) is 1. The molecule has 4 rings (SSSR count). The van der Waals surface area contributed by atoms with E-state index >= 15 is 0 Å². The van der Waals surface area contributed by atoms with E-state index in [4.69, 9.17) is 5.21 Å². The number of amides is 1. The molecular formula is C20H19N3O2S. The van der Waals surface area contributed by atoms with Crippen molar-refractivity contribution < 1.29 is 10.0 Å². The number of hydrogen-bond acceptors (Lipinski definition) is 5. The molecule has 132 valence electrons. The first kappa shape index (κ1) is 16.9. The number of carbonyl (C=O) groups excluding carboxylic acids is 1. The van der Waals surface area contributed by atoms with Crippen LogP contribution in [0.15, 0.2) is 54.7 Å². The molecule has 1 amide bonds. The minimum Gasteiger partial charge on any atom is -0.293 e. The normalized spacial score (nSPS) is 14.0. The van der Waals surface area contributed by atoms with Gasteiger partial charge in [-0.1, -0.05) is 18.2 Å². The first-order valence-electron chi connectivity index (χ1n) is 8.51. The Morgan fingerprint density at radius 2 is 2.12 bits per heavy atom. The number of pyridine rings is 1. The Hall–Kier alpha value is -2.54. The van der Waals surface area contributed by atoms with E-state index in [0.717, 1.165) is 42.2 Å². The lowest BCUT2D eigenvalue weighted by molar-refractivity contribution is 0.0711. The molecule has 1 aliphatic heterocycles. The predicted molar refractivity (Wildman–Crippen MR) is 101 cm³/mol. The molecule has 0 spiro atoms. The third-order valence-corrected chi connectivity index (χ3v) is 5.76. The number of nitrogens with zero attached hydrogens (tertiary/aromatic N) is 2. The van der Waals surface area contributed by atoms with Crippen LogP contribution in [0.5, 0.6) is 0 Å². The summed E-state index contributed by atoms with van der Waals surface area (Å²) >= 11 is 1.38. The van der Waals surface area contributed by atoms with Crippen LogP contribution >= 0.6 is 11.3 Å². The fourth-order valence-corrected chi connectivity index (χ4v) is 4.19. The summed E-state index contributed by atoms with van der Waals surface area (Å²) in [6.07, 6.45) is 2.87. The van der Waals surface area contributed by atoms with E-state index in [-0.39, 0.29) is 0 Å². The highest BCUT2D eigenvalue weighted by molar-refractivity contribution is 7.17. The minimum absolute atomic E-state index is 0.472. The smallest absolute Gasteiger partial charge is 0.284 e. The summed E-state index contributed by atoms with van der Waals surface area (Å²) in [7, 11) is 0. The predicted octanol–water partition coefficient (Wildman–Crippen LogP) is 3.49. The minimum atomic E-state index is -0.472. The molecule has 26 heavy (non-hydrogen) atoms. The van der Waals surface area contributed by atoms with Crippen molar-refractivity contribution in [2.45, 2.75) is 19.5 Å². The van der Waals surface area contributed by atoms with E-state index in [2.05, 4.69) is 34.1 Å². The second kappa shape index (κ2) is 7.37. The fraction of sp³-hybridized carbons (Fsp3) is 0.200. The maximum atomic E-state index is 11.5. The molecular weight excluding hydrogens is 346 g/mol. The molecule has 0 saturated heterocycles. The fourth-order valence-electron chi connectivity index (χ4n) is 3.29. The van der Waals surface area contributed by atoms with Crippen molar-refractivity contribution in [2.75, 3.05) is 6.54 Å². The van der Waals surface area contributed by atoms with Gasteiger partial charge in [0.05, 0.1) is 10.6 Å². The van der Waals surface area contributed by atoms with Crippen molar-refractivity contribution in [3.05, 3.63) is 76.4 Å². The van der Waals surface area contributed by atoms with E-state index in [0.29, 0.717) is 4.88 Å². The van der Waals surface area contributed by atoms with Crippen LogP contribution in [-0.2, 0) is 19.5 Å². The second-order valence-electron chi connectivity index (χ2n) is 6.37. The average molecular weight is 365 g/mol. The van der Waals surface area contributed by atoms with Crippen LogP contribution in [0.4, 0.5) is 0 Å². The number of rotatable bonds is 4. The number of thiophene rings is 1. The molecule has 3 aromatic rings. The van der Waals surface area contributed by atoms with Crippen LogP contribution in [0.25, 0.3) is 10.4 Å². The van der Waals surface area contributed by atoms with E-state index in [1.807, 2.05) is 24.4 Å². The Morgan fingerprint density at radius 1 is 1.19 bits per heavy atom. The first-order valence-corrected chi connectivity index (χ1v) is 9.33. The molecule has 1 aromatic carbocycles. The number of fused-ring (bicyclic) bond motifs is 1. The molecule has 0 bridgehead atoms. The lowest BCUT2D eigenvalue weighted by Gasteiger charge is -2.28. The molecule has 0 unspecified atom stereocenters. The number of benzene rings is 1. The van der Waals surface area contributed by atoms with Crippen LogP contribution in [-0.4, -0.2) is 27.5 Å². The van der Waals surface area contributed by atoms with Crippen LogP contribution in [0.2, 0.25) is 0 Å². The van der Waals surface area contributed by atoms with Crippen LogP contribution in [0.3, 0.4) is 0 Å². The largest absolute Gasteiger partial charge is 0.293 e. The quantitative estimate of drug-likeness (QED) is 0.549. The van der Waals surface area contributed by atoms with Crippen molar-refractivity contribution in [3.63, 3.8) is 0 Å². The van der Waals surface area contributed by atoms with E-state index in [1.54, 1.807) is 11.5 Å². The van der Waals surface area contributed by atoms with Gasteiger partial charge in [-0.2, -0.15) is 0 Å². The van der Waals surface area contributed by atoms with Gasteiger partial charge < -0.3 is 0 Å². The van der Waals surface area contributed by atoms with Crippen molar-refractivity contribution in [1.29, 1.82) is 0 Å². The lowest BCUT2D eigenvalue weighted by Crippen LogP contribution is -2.30. The molecule has 0 radical (unpaired) electrons. The van der Waals surface area contributed by atoms with Gasteiger partial charge in [-0.3, -0.25) is 19.9 Å². The summed E-state index contributed by atoms with van der Waals surface area (Å²) in [6, 6.07) is 16.2. The van der Waals surface area contributed by atoms with Gasteiger partial charge in [0.15, 0.2) is 0 Å². The SMILES string of the molecule is O=C(NO)c1ccc(-c2ccc3c(c2)CN(Cc2ccccn2)CC3)s1. The van der Waals surface area contributed by atoms with E-state index in [1.165, 1.54) is 22.5 Å². The van der Waals surface area contributed by atoms with Gasteiger partial charge in [0.2, 0.25) is 0 Å². The monoisotopic (exact) mass is 365 g/mol.